The number of rotatable bonds is 4. The van der Waals surface area contributed by atoms with Gasteiger partial charge in [-0.1, -0.05) is 53.0 Å². The van der Waals surface area contributed by atoms with E-state index in [9.17, 15) is 14.9 Å². The fourth-order valence-corrected chi connectivity index (χ4v) is 1.48. The minimum atomic E-state index is -2.08. The molecule has 1 rings (SSSR count). The number of hydrogen-bond acceptors (Lipinski definition) is 4. The van der Waals surface area contributed by atoms with Crippen molar-refractivity contribution in [1.29, 1.82) is 0 Å². The summed E-state index contributed by atoms with van der Waals surface area (Å²) in [5.74, 6) is 0. The molecule has 1 aromatic carbocycles. The third-order valence-corrected chi connectivity index (χ3v) is 2.68. The molecule has 0 bridgehead atoms. The number of nitro groups is 1. The third kappa shape index (κ3) is 5.96. The van der Waals surface area contributed by atoms with Crippen LogP contribution in [-0.4, -0.2) is 27.5 Å². The molecule has 9 heteroatoms. The van der Waals surface area contributed by atoms with Gasteiger partial charge in [-0.3, -0.25) is 15.4 Å². The number of para-hydroxylation sites is 1. The van der Waals surface area contributed by atoms with Gasteiger partial charge in [-0.25, -0.2) is 4.79 Å². The van der Waals surface area contributed by atoms with E-state index in [0.29, 0.717) is 5.69 Å². The lowest BCUT2D eigenvalue weighted by molar-refractivity contribution is -0.489. The number of carbonyl (C=O) groups excluding carboxylic acids is 1. The van der Waals surface area contributed by atoms with Crippen LogP contribution in [0.5, 0.6) is 0 Å². The standard InChI is InChI=1S/C10H9Cl3N2O4/c11-10(12,13)8(6-15(17)18)19-9(16)14-7-4-2-1-3-5-7/h1-5,8H,6H2,(H,14,16)/t8-/m1/s1. The van der Waals surface area contributed by atoms with E-state index >= 15 is 0 Å². The van der Waals surface area contributed by atoms with E-state index in [-0.39, 0.29) is 0 Å². The van der Waals surface area contributed by atoms with Crippen LogP contribution >= 0.6 is 34.8 Å². The zero-order valence-electron chi connectivity index (χ0n) is 9.39. The molecule has 0 saturated heterocycles. The fourth-order valence-electron chi connectivity index (χ4n) is 1.14. The number of ether oxygens (including phenoxy) is 1. The second-order valence-corrected chi connectivity index (χ2v) is 5.81. The van der Waals surface area contributed by atoms with Gasteiger partial charge in [0.15, 0.2) is 0 Å². The lowest BCUT2D eigenvalue weighted by Crippen LogP contribution is -2.38. The zero-order valence-corrected chi connectivity index (χ0v) is 11.7. The molecule has 1 amide bonds. The van der Waals surface area contributed by atoms with Gasteiger partial charge in [0.1, 0.15) is 0 Å². The van der Waals surface area contributed by atoms with E-state index in [4.69, 9.17) is 39.5 Å². The maximum Gasteiger partial charge on any atom is 0.412 e. The van der Waals surface area contributed by atoms with Crippen molar-refractivity contribution in [2.24, 2.45) is 0 Å². The van der Waals surface area contributed by atoms with Crippen LogP contribution in [0.15, 0.2) is 30.3 Å². The summed E-state index contributed by atoms with van der Waals surface area (Å²) in [7, 11) is 0. The molecule has 0 aliphatic rings. The van der Waals surface area contributed by atoms with Crippen LogP contribution in [0, 0.1) is 10.1 Å². The maximum atomic E-state index is 11.5. The Morgan fingerprint density at radius 3 is 2.42 bits per heavy atom. The second-order valence-electron chi connectivity index (χ2n) is 3.44. The van der Waals surface area contributed by atoms with Crippen molar-refractivity contribution in [3.05, 3.63) is 40.4 Å². The van der Waals surface area contributed by atoms with E-state index in [1.165, 1.54) is 0 Å². The van der Waals surface area contributed by atoms with Gasteiger partial charge in [0.25, 0.3) is 0 Å². The number of nitrogens with zero attached hydrogens (tertiary/aromatic N) is 1. The molecular formula is C10H9Cl3N2O4. The highest BCUT2D eigenvalue weighted by atomic mass is 35.6. The van der Waals surface area contributed by atoms with Crippen LogP contribution in [0.25, 0.3) is 0 Å². The van der Waals surface area contributed by atoms with Crippen molar-refractivity contribution < 1.29 is 14.5 Å². The Hall–Kier alpha value is -1.24. The average Bonchev–Trinajstić information content (AvgIpc) is 2.27. The average molecular weight is 328 g/mol. The van der Waals surface area contributed by atoms with Gasteiger partial charge in [0, 0.05) is 10.6 Å². The molecule has 1 atom stereocenters. The van der Waals surface area contributed by atoms with Crippen LogP contribution in [0.4, 0.5) is 10.5 Å². The Labute approximate surface area is 123 Å². The number of anilines is 1. The minimum absolute atomic E-state index is 0.455. The minimum Gasteiger partial charge on any atom is -0.434 e. The number of hydrogen-bond donors (Lipinski definition) is 1. The van der Waals surface area contributed by atoms with Crippen molar-refractivity contribution in [2.45, 2.75) is 9.90 Å². The number of nitrogens with one attached hydrogen (secondary N) is 1. The Balaban J connectivity index is 2.64. The Morgan fingerprint density at radius 1 is 1.37 bits per heavy atom. The largest absolute Gasteiger partial charge is 0.434 e. The summed E-state index contributed by atoms with van der Waals surface area (Å²) in [5, 5.41) is 12.8. The number of alkyl halides is 3. The van der Waals surface area contributed by atoms with E-state index in [0.717, 1.165) is 0 Å². The summed E-state index contributed by atoms with van der Waals surface area (Å²) in [4.78, 5) is 21.2. The molecule has 0 unspecified atom stereocenters. The maximum absolute atomic E-state index is 11.5. The monoisotopic (exact) mass is 326 g/mol. The summed E-state index contributed by atoms with van der Waals surface area (Å²) in [6, 6.07) is 8.36. The predicted molar refractivity (Wildman–Crippen MR) is 72.5 cm³/mol. The first-order valence-corrected chi connectivity index (χ1v) is 6.13. The molecule has 0 aliphatic heterocycles. The molecule has 0 radical (unpaired) electrons. The Kier molecular flexibility index (Phi) is 5.65. The van der Waals surface area contributed by atoms with E-state index in [1.807, 2.05) is 0 Å². The first-order chi connectivity index (χ1) is 8.79. The van der Waals surface area contributed by atoms with Crippen molar-refractivity contribution in [3.8, 4) is 0 Å². The smallest absolute Gasteiger partial charge is 0.412 e. The van der Waals surface area contributed by atoms with Crippen LogP contribution < -0.4 is 5.32 Å². The van der Waals surface area contributed by atoms with Gasteiger partial charge in [-0.15, -0.1) is 0 Å². The molecule has 0 heterocycles. The highest BCUT2D eigenvalue weighted by Crippen LogP contribution is 2.32. The molecule has 0 spiro atoms. The molecule has 0 aromatic heterocycles. The lowest BCUT2D eigenvalue weighted by atomic mass is 10.3. The van der Waals surface area contributed by atoms with Crippen LogP contribution in [0.3, 0.4) is 0 Å². The van der Waals surface area contributed by atoms with E-state index in [2.05, 4.69) is 5.32 Å². The normalized spacial score (nSPS) is 12.6. The summed E-state index contributed by atoms with van der Waals surface area (Å²) in [6.07, 6.45) is -2.43. The highest BCUT2D eigenvalue weighted by molar-refractivity contribution is 6.68. The first-order valence-electron chi connectivity index (χ1n) is 5.00. The van der Waals surface area contributed by atoms with Crippen LogP contribution in [0.2, 0.25) is 0 Å². The molecular weight excluding hydrogens is 318 g/mol. The lowest BCUT2D eigenvalue weighted by Gasteiger charge is -2.21. The molecule has 104 valence electrons. The molecule has 0 aliphatic carbocycles. The van der Waals surface area contributed by atoms with Crippen molar-refractivity contribution in [1.82, 2.24) is 0 Å². The van der Waals surface area contributed by atoms with Gasteiger partial charge in [0.2, 0.25) is 16.4 Å². The topological polar surface area (TPSA) is 81.5 Å². The fraction of sp³-hybridized carbons (Fsp3) is 0.300. The third-order valence-electron chi connectivity index (χ3n) is 1.95. The van der Waals surface area contributed by atoms with Crippen molar-refractivity contribution in [3.63, 3.8) is 0 Å². The molecule has 1 aromatic rings. The van der Waals surface area contributed by atoms with Gasteiger partial charge in [0.05, 0.1) is 0 Å². The molecule has 19 heavy (non-hydrogen) atoms. The summed E-state index contributed by atoms with van der Waals surface area (Å²) >= 11 is 16.5. The van der Waals surface area contributed by atoms with E-state index < -0.39 is 27.5 Å². The Bertz CT molecular complexity index is 450. The predicted octanol–water partition coefficient (Wildman–Crippen LogP) is 3.25. The number of amides is 1. The van der Waals surface area contributed by atoms with E-state index in [1.54, 1.807) is 30.3 Å². The molecule has 6 nitrogen and oxygen atoms in total. The van der Waals surface area contributed by atoms with Gasteiger partial charge in [-0.2, -0.15) is 0 Å². The van der Waals surface area contributed by atoms with Gasteiger partial charge >= 0.3 is 6.09 Å². The van der Waals surface area contributed by atoms with Crippen LogP contribution in [0.1, 0.15) is 0 Å². The van der Waals surface area contributed by atoms with Crippen molar-refractivity contribution in [2.75, 3.05) is 11.9 Å². The first kappa shape index (κ1) is 15.8. The molecule has 0 saturated carbocycles. The van der Waals surface area contributed by atoms with Gasteiger partial charge in [-0.05, 0) is 12.1 Å². The van der Waals surface area contributed by atoms with Crippen molar-refractivity contribution >= 4 is 46.6 Å². The zero-order chi connectivity index (χ0) is 14.5. The quantitative estimate of drug-likeness (QED) is 0.523. The summed E-state index contributed by atoms with van der Waals surface area (Å²) < 4.78 is 2.66. The number of halogens is 3. The second kappa shape index (κ2) is 6.79. The number of benzene rings is 1. The molecule has 0 fully saturated rings. The summed E-state index contributed by atoms with van der Waals surface area (Å²) in [6.45, 7) is -0.807. The number of carbonyl (C=O) groups is 1. The Morgan fingerprint density at radius 2 is 1.95 bits per heavy atom. The molecule has 1 N–H and O–H groups in total. The summed E-state index contributed by atoms with van der Waals surface area (Å²) in [5.41, 5.74) is 0.455. The highest BCUT2D eigenvalue weighted by Gasteiger charge is 2.40. The SMILES string of the molecule is O=C(Nc1ccccc1)O[C@H](C[N+](=O)[O-])C(Cl)(Cl)Cl. The van der Waals surface area contributed by atoms with Gasteiger partial charge < -0.3 is 4.74 Å². The van der Waals surface area contributed by atoms with Crippen LogP contribution in [-0.2, 0) is 4.74 Å².